The molecule has 0 fully saturated rings. The van der Waals surface area contributed by atoms with Gasteiger partial charge in [-0.1, -0.05) is 45.8 Å². The maximum atomic E-state index is 5.88. The quantitative estimate of drug-likeness (QED) is 0.522. The summed E-state index contributed by atoms with van der Waals surface area (Å²) in [5.74, 6) is 0.838. The summed E-state index contributed by atoms with van der Waals surface area (Å²) >= 11 is 10.5. The maximum absolute atomic E-state index is 5.88. The van der Waals surface area contributed by atoms with Crippen molar-refractivity contribution in [2.45, 2.75) is 18.9 Å². The lowest BCUT2D eigenvalue weighted by atomic mass is 10.2. The largest absolute Gasteiger partial charge is 0.487 e. The third-order valence-electron chi connectivity index (χ3n) is 2.72. The minimum atomic E-state index is 0.561. The molecule has 0 saturated heterocycles. The van der Waals surface area contributed by atoms with Gasteiger partial charge in [-0.05, 0) is 62.0 Å². The second-order valence-electron chi connectivity index (χ2n) is 4.30. The molecule has 0 atom stereocenters. The van der Waals surface area contributed by atoms with Crippen LogP contribution in [0.1, 0.15) is 16.7 Å². The van der Waals surface area contributed by atoms with Crippen LogP contribution >= 0.6 is 47.8 Å². The number of aryl methyl sites for hydroxylation is 1. The molecule has 1 nitrogen and oxygen atoms in total. The standard InChI is InChI=1S/C15H13Br3O/c1-10-2-4-11(5-3-10)9-19-15-13(17)6-12(8-16)7-14(15)18/h2-7H,8-9H2,1H3. The molecule has 0 aliphatic carbocycles. The molecule has 2 aromatic carbocycles. The van der Waals surface area contributed by atoms with Gasteiger partial charge in [0.25, 0.3) is 0 Å². The summed E-state index contributed by atoms with van der Waals surface area (Å²) in [6.07, 6.45) is 0. The zero-order chi connectivity index (χ0) is 13.8. The SMILES string of the molecule is Cc1ccc(COc2c(Br)cc(CBr)cc2Br)cc1. The summed E-state index contributed by atoms with van der Waals surface area (Å²) in [6.45, 7) is 2.64. The van der Waals surface area contributed by atoms with Gasteiger partial charge in [-0.25, -0.2) is 0 Å². The number of ether oxygens (including phenoxy) is 1. The fourth-order valence-electron chi connectivity index (χ4n) is 1.67. The first kappa shape index (κ1) is 15.1. The highest BCUT2D eigenvalue weighted by Crippen LogP contribution is 2.35. The number of hydrogen-bond acceptors (Lipinski definition) is 1. The second kappa shape index (κ2) is 6.91. The molecule has 19 heavy (non-hydrogen) atoms. The molecule has 2 rings (SSSR count). The molecule has 0 aromatic heterocycles. The Morgan fingerprint density at radius 2 is 1.53 bits per heavy atom. The van der Waals surface area contributed by atoms with Crippen molar-refractivity contribution in [1.29, 1.82) is 0 Å². The maximum Gasteiger partial charge on any atom is 0.148 e. The van der Waals surface area contributed by atoms with Crippen LogP contribution in [0, 0.1) is 6.92 Å². The lowest BCUT2D eigenvalue weighted by Crippen LogP contribution is -1.97. The van der Waals surface area contributed by atoms with Crippen molar-refractivity contribution in [3.05, 3.63) is 62.0 Å². The average molecular weight is 449 g/mol. The summed E-state index contributed by atoms with van der Waals surface area (Å²) < 4.78 is 7.81. The molecule has 0 bridgehead atoms. The molecule has 0 spiro atoms. The number of halogens is 3. The van der Waals surface area contributed by atoms with Crippen molar-refractivity contribution in [2.24, 2.45) is 0 Å². The van der Waals surface area contributed by atoms with E-state index in [-0.39, 0.29) is 0 Å². The van der Waals surface area contributed by atoms with Crippen LogP contribution in [0.15, 0.2) is 45.3 Å². The second-order valence-corrected chi connectivity index (χ2v) is 6.57. The van der Waals surface area contributed by atoms with Crippen LogP contribution in [-0.4, -0.2) is 0 Å². The highest BCUT2D eigenvalue weighted by atomic mass is 79.9. The van der Waals surface area contributed by atoms with Crippen molar-refractivity contribution < 1.29 is 4.74 Å². The number of benzene rings is 2. The van der Waals surface area contributed by atoms with Crippen LogP contribution in [0.5, 0.6) is 5.75 Å². The molecule has 100 valence electrons. The Labute approximate surface area is 138 Å². The van der Waals surface area contributed by atoms with Gasteiger partial charge in [0.05, 0.1) is 8.95 Å². The Balaban J connectivity index is 2.13. The molecule has 0 aliphatic rings. The Morgan fingerprint density at radius 3 is 2.05 bits per heavy atom. The van der Waals surface area contributed by atoms with Crippen molar-refractivity contribution in [2.75, 3.05) is 0 Å². The predicted octanol–water partition coefficient (Wildman–Crippen LogP) is 5.99. The van der Waals surface area contributed by atoms with Crippen molar-refractivity contribution in [3.8, 4) is 5.75 Å². The zero-order valence-corrected chi connectivity index (χ0v) is 15.2. The van der Waals surface area contributed by atoms with E-state index in [1.165, 1.54) is 11.1 Å². The van der Waals surface area contributed by atoms with Crippen LogP contribution in [-0.2, 0) is 11.9 Å². The van der Waals surface area contributed by atoms with Gasteiger partial charge >= 0.3 is 0 Å². The Morgan fingerprint density at radius 1 is 0.947 bits per heavy atom. The highest BCUT2D eigenvalue weighted by molar-refractivity contribution is 9.11. The van der Waals surface area contributed by atoms with Gasteiger partial charge in [0, 0.05) is 5.33 Å². The van der Waals surface area contributed by atoms with Crippen LogP contribution in [0.3, 0.4) is 0 Å². The monoisotopic (exact) mass is 446 g/mol. The summed E-state index contributed by atoms with van der Waals surface area (Å²) in [6, 6.07) is 12.5. The van der Waals surface area contributed by atoms with Crippen molar-refractivity contribution >= 4 is 47.8 Å². The molecule has 0 saturated carbocycles. The molecule has 4 heteroatoms. The average Bonchev–Trinajstić information content (AvgIpc) is 2.39. The number of alkyl halides is 1. The van der Waals surface area contributed by atoms with E-state index in [1.54, 1.807) is 0 Å². The van der Waals surface area contributed by atoms with Crippen molar-refractivity contribution in [3.63, 3.8) is 0 Å². The minimum absolute atomic E-state index is 0.561. The summed E-state index contributed by atoms with van der Waals surface area (Å²) in [5.41, 5.74) is 3.61. The van der Waals surface area contributed by atoms with E-state index < -0.39 is 0 Å². The number of hydrogen-bond donors (Lipinski definition) is 0. The Hall–Kier alpha value is -0.320. The normalized spacial score (nSPS) is 10.5. The fourth-order valence-corrected chi connectivity index (χ4v) is 3.50. The predicted molar refractivity (Wildman–Crippen MR) is 90.0 cm³/mol. The van der Waals surface area contributed by atoms with E-state index in [4.69, 9.17) is 4.74 Å². The van der Waals surface area contributed by atoms with E-state index >= 15 is 0 Å². The molecule has 0 N–H and O–H groups in total. The minimum Gasteiger partial charge on any atom is -0.487 e. The topological polar surface area (TPSA) is 9.23 Å². The van der Waals surface area contributed by atoms with Gasteiger partial charge in [-0.3, -0.25) is 0 Å². The molecule has 2 aromatic rings. The van der Waals surface area contributed by atoms with Gasteiger partial charge in [-0.15, -0.1) is 0 Å². The van der Waals surface area contributed by atoms with Crippen molar-refractivity contribution in [1.82, 2.24) is 0 Å². The Kier molecular flexibility index (Phi) is 5.48. The molecule has 0 radical (unpaired) electrons. The van der Waals surface area contributed by atoms with Crippen LogP contribution in [0.4, 0.5) is 0 Å². The highest BCUT2D eigenvalue weighted by Gasteiger charge is 2.09. The third kappa shape index (κ3) is 4.07. The smallest absolute Gasteiger partial charge is 0.148 e. The molecular formula is C15H13Br3O. The zero-order valence-electron chi connectivity index (χ0n) is 10.4. The van der Waals surface area contributed by atoms with E-state index in [2.05, 4.69) is 91.1 Å². The molecule has 0 aliphatic heterocycles. The van der Waals surface area contributed by atoms with Gasteiger partial charge in [0.1, 0.15) is 12.4 Å². The van der Waals surface area contributed by atoms with Gasteiger partial charge in [-0.2, -0.15) is 0 Å². The lowest BCUT2D eigenvalue weighted by Gasteiger charge is -2.12. The van der Waals surface area contributed by atoms with Crippen LogP contribution in [0.2, 0.25) is 0 Å². The first-order valence-electron chi connectivity index (χ1n) is 5.82. The fraction of sp³-hybridized carbons (Fsp3) is 0.200. The third-order valence-corrected chi connectivity index (χ3v) is 4.54. The molecule has 0 amide bonds. The van der Waals surface area contributed by atoms with Gasteiger partial charge < -0.3 is 4.74 Å². The van der Waals surface area contributed by atoms with E-state index in [0.717, 1.165) is 25.6 Å². The first-order valence-corrected chi connectivity index (χ1v) is 8.53. The number of rotatable bonds is 4. The van der Waals surface area contributed by atoms with Crippen LogP contribution < -0.4 is 4.74 Å². The van der Waals surface area contributed by atoms with Gasteiger partial charge in [0.2, 0.25) is 0 Å². The lowest BCUT2D eigenvalue weighted by molar-refractivity contribution is 0.302. The van der Waals surface area contributed by atoms with E-state index in [9.17, 15) is 0 Å². The van der Waals surface area contributed by atoms with Gasteiger partial charge in [0.15, 0.2) is 0 Å². The summed E-state index contributed by atoms with van der Waals surface area (Å²) in [5, 5.41) is 0.822. The Bertz CT molecular complexity index is 541. The van der Waals surface area contributed by atoms with E-state index in [0.29, 0.717) is 6.61 Å². The first-order chi connectivity index (χ1) is 9.10. The summed E-state index contributed by atoms with van der Waals surface area (Å²) in [7, 11) is 0. The molecular weight excluding hydrogens is 436 g/mol. The molecule has 0 unspecified atom stereocenters. The van der Waals surface area contributed by atoms with E-state index in [1.807, 2.05) is 0 Å². The summed E-state index contributed by atoms with van der Waals surface area (Å²) in [4.78, 5) is 0. The molecule has 0 heterocycles. The van der Waals surface area contributed by atoms with Crippen LogP contribution in [0.25, 0.3) is 0 Å².